The number of aryl methyl sites for hydroxylation is 1. The summed E-state index contributed by atoms with van der Waals surface area (Å²) in [4.78, 5) is 7.83. The van der Waals surface area contributed by atoms with Gasteiger partial charge in [0.25, 0.3) is 5.92 Å². The van der Waals surface area contributed by atoms with Gasteiger partial charge in [0.2, 0.25) is 5.95 Å². The van der Waals surface area contributed by atoms with Gasteiger partial charge in [-0.25, -0.2) is 18.4 Å². The average Bonchev–Trinajstić information content (AvgIpc) is 3.05. The SMILES string of the molecule is Cc1nn(C2CCC2)c2c1OCC1CC(F)(F)CC1Nc1nc(ncc1C(F)(F)F)N2. The summed E-state index contributed by atoms with van der Waals surface area (Å²) >= 11 is 0. The lowest BCUT2D eigenvalue weighted by Gasteiger charge is -2.27. The van der Waals surface area contributed by atoms with Gasteiger partial charge in [-0.05, 0) is 26.2 Å². The van der Waals surface area contributed by atoms with Crippen molar-refractivity contribution in [3.63, 3.8) is 0 Å². The van der Waals surface area contributed by atoms with E-state index in [1.54, 1.807) is 11.6 Å². The van der Waals surface area contributed by atoms with E-state index in [0.29, 0.717) is 23.5 Å². The predicted molar refractivity (Wildman–Crippen MR) is 101 cm³/mol. The Morgan fingerprint density at radius 1 is 1.23 bits per heavy atom. The van der Waals surface area contributed by atoms with Crippen LogP contribution in [0.25, 0.3) is 0 Å². The van der Waals surface area contributed by atoms with Crippen LogP contribution in [0.2, 0.25) is 0 Å². The van der Waals surface area contributed by atoms with Crippen molar-refractivity contribution >= 4 is 17.6 Å². The van der Waals surface area contributed by atoms with Gasteiger partial charge in [-0.3, -0.25) is 0 Å². The highest BCUT2D eigenvalue weighted by molar-refractivity contribution is 5.62. The van der Waals surface area contributed by atoms with E-state index in [4.69, 9.17) is 4.74 Å². The van der Waals surface area contributed by atoms with Gasteiger partial charge in [-0.1, -0.05) is 0 Å². The van der Waals surface area contributed by atoms with E-state index in [1.165, 1.54) is 0 Å². The lowest BCUT2D eigenvalue weighted by Crippen LogP contribution is -2.30. The molecule has 7 nitrogen and oxygen atoms in total. The van der Waals surface area contributed by atoms with E-state index < -0.39 is 48.3 Å². The molecule has 2 fully saturated rings. The molecule has 12 heteroatoms. The summed E-state index contributed by atoms with van der Waals surface area (Å²) in [5.74, 6) is -3.51. The van der Waals surface area contributed by atoms with Crippen molar-refractivity contribution in [2.24, 2.45) is 5.92 Å². The third-order valence-corrected chi connectivity index (χ3v) is 6.19. The number of hydrogen-bond acceptors (Lipinski definition) is 6. The maximum Gasteiger partial charge on any atom is 0.421 e. The second kappa shape index (κ2) is 6.92. The number of alkyl halides is 5. The summed E-state index contributed by atoms with van der Waals surface area (Å²) in [6.07, 6.45) is -2.29. The second-order valence-electron chi connectivity index (χ2n) is 8.46. The van der Waals surface area contributed by atoms with Gasteiger partial charge >= 0.3 is 6.18 Å². The molecule has 31 heavy (non-hydrogen) atoms. The van der Waals surface area contributed by atoms with Crippen LogP contribution in [0.15, 0.2) is 6.20 Å². The van der Waals surface area contributed by atoms with Gasteiger partial charge in [-0.2, -0.15) is 23.3 Å². The molecule has 2 aromatic rings. The molecule has 3 aliphatic rings. The number of rotatable bonds is 1. The van der Waals surface area contributed by atoms with Crippen molar-refractivity contribution in [1.29, 1.82) is 0 Å². The molecule has 0 saturated heterocycles. The summed E-state index contributed by atoms with van der Waals surface area (Å²) in [7, 11) is 0. The molecular formula is C19H21F5N6O. The van der Waals surface area contributed by atoms with Crippen molar-refractivity contribution in [1.82, 2.24) is 19.7 Å². The minimum absolute atomic E-state index is 0.0794. The summed E-state index contributed by atoms with van der Waals surface area (Å²) in [6, 6.07) is -0.804. The van der Waals surface area contributed by atoms with Gasteiger partial charge in [-0.15, -0.1) is 0 Å². The molecule has 2 atom stereocenters. The van der Waals surface area contributed by atoms with E-state index in [-0.39, 0.29) is 18.6 Å². The first kappa shape index (κ1) is 20.3. The van der Waals surface area contributed by atoms with E-state index >= 15 is 0 Å². The zero-order valence-electron chi connectivity index (χ0n) is 16.6. The molecule has 2 bridgehead atoms. The van der Waals surface area contributed by atoms with Gasteiger partial charge < -0.3 is 15.4 Å². The first-order valence-corrected chi connectivity index (χ1v) is 10.2. The molecular weight excluding hydrogens is 423 g/mol. The van der Waals surface area contributed by atoms with E-state index in [1.807, 2.05) is 0 Å². The Labute approximate surface area is 174 Å². The van der Waals surface area contributed by atoms with Crippen LogP contribution in [0.1, 0.15) is 49.4 Å². The maximum absolute atomic E-state index is 14.2. The Balaban J connectivity index is 1.62. The highest BCUT2D eigenvalue weighted by Gasteiger charge is 2.48. The smallest absolute Gasteiger partial charge is 0.421 e. The molecule has 2 aliphatic carbocycles. The Morgan fingerprint density at radius 2 is 2.00 bits per heavy atom. The number of fused-ring (bicyclic) bond motifs is 4. The topological polar surface area (TPSA) is 76.9 Å². The van der Waals surface area contributed by atoms with Crippen LogP contribution >= 0.6 is 0 Å². The maximum atomic E-state index is 14.2. The number of anilines is 3. The number of nitrogens with one attached hydrogen (secondary N) is 2. The zero-order valence-corrected chi connectivity index (χ0v) is 16.6. The predicted octanol–water partition coefficient (Wildman–Crippen LogP) is 4.69. The first-order valence-electron chi connectivity index (χ1n) is 10.2. The van der Waals surface area contributed by atoms with Gasteiger partial charge in [0.1, 0.15) is 17.1 Å². The van der Waals surface area contributed by atoms with Crippen LogP contribution < -0.4 is 15.4 Å². The van der Waals surface area contributed by atoms with Crippen LogP contribution in [0, 0.1) is 12.8 Å². The second-order valence-corrected chi connectivity index (χ2v) is 8.46. The van der Waals surface area contributed by atoms with E-state index in [0.717, 1.165) is 19.3 Å². The van der Waals surface area contributed by atoms with Crippen molar-refractivity contribution in [3.8, 4) is 5.75 Å². The molecule has 2 unspecified atom stereocenters. The fourth-order valence-electron chi connectivity index (χ4n) is 4.39. The highest BCUT2D eigenvalue weighted by atomic mass is 19.4. The van der Waals surface area contributed by atoms with Crippen LogP contribution in [-0.2, 0) is 6.18 Å². The summed E-state index contributed by atoms with van der Waals surface area (Å²) in [5, 5.41) is 10.1. The Bertz CT molecular complexity index is 1000. The molecule has 0 spiro atoms. The lowest BCUT2D eigenvalue weighted by molar-refractivity contribution is -0.137. The number of hydrogen-bond donors (Lipinski definition) is 2. The quantitative estimate of drug-likeness (QED) is 0.622. The third kappa shape index (κ3) is 3.65. The molecule has 0 radical (unpaired) electrons. The van der Waals surface area contributed by atoms with Gasteiger partial charge in [0.15, 0.2) is 11.6 Å². The summed E-state index contributed by atoms with van der Waals surface area (Å²) in [6.45, 7) is 1.66. The minimum Gasteiger partial charge on any atom is -0.487 e. The van der Waals surface area contributed by atoms with Crippen molar-refractivity contribution < 1.29 is 26.7 Å². The van der Waals surface area contributed by atoms with E-state index in [2.05, 4.69) is 25.7 Å². The molecule has 2 saturated carbocycles. The molecule has 0 amide bonds. The zero-order chi connectivity index (χ0) is 22.0. The Morgan fingerprint density at radius 3 is 2.68 bits per heavy atom. The van der Waals surface area contributed by atoms with Crippen LogP contribution in [0.5, 0.6) is 5.75 Å². The number of halogens is 5. The first-order chi connectivity index (χ1) is 14.6. The molecule has 1 aliphatic heterocycles. The molecule has 2 aromatic heterocycles. The molecule has 5 rings (SSSR count). The number of nitrogens with zero attached hydrogens (tertiary/aromatic N) is 4. The number of ether oxygens (including phenoxy) is 1. The minimum atomic E-state index is -4.73. The fourth-order valence-corrected chi connectivity index (χ4v) is 4.39. The van der Waals surface area contributed by atoms with Crippen LogP contribution in [0.3, 0.4) is 0 Å². The van der Waals surface area contributed by atoms with Crippen LogP contribution in [-0.4, -0.2) is 38.3 Å². The Hall–Kier alpha value is -2.66. The summed E-state index contributed by atoms with van der Waals surface area (Å²) < 4.78 is 76.6. The highest BCUT2D eigenvalue weighted by Crippen LogP contribution is 2.45. The normalized spacial score (nSPS) is 25.2. The van der Waals surface area contributed by atoms with Crippen LogP contribution in [0.4, 0.5) is 39.5 Å². The molecule has 2 N–H and O–H groups in total. The lowest BCUT2D eigenvalue weighted by atomic mass is 9.93. The fraction of sp³-hybridized carbons (Fsp3) is 0.632. The monoisotopic (exact) mass is 444 g/mol. The Kier molecular flexibility index (Phi) is 4.52. The van der Waals surface area contributed by atoms with Gasteiger partial charge in [0.05, 0.1) is 12.6 Å². The standard InChI is InChI=1S/C19H21F5N6O/c1-9-14-16(30(29-9)11-3-2-4-11)28-17-25-7-12(19(22,23)24)15(27-17)26-13-6-18(20,21)5-10(13)8-31-14/h7,10-11,13H,2-6,8H2,1H3,(H2,25,26,27,28). The third-order valence-electron chi connectivity index (χ3n) is 6.19. The summed E-state index contributed by atoms with van der Waals surface area (Å²) in [5.41, 5.74) is -0.536. The molecule has 0 aromatic carbocycles. The molecule has 3 heterocycles. The van der Waals surface area contributed by atoms with Crippen molar-refractivity contribution in [3.05, 3.63) is 17.5 Å². The largest absolute Gasteiger partial charge is 0.487 e. The van der Waals surface area contributed by atoms with E-state index in [9.17, 15) is 22.0 Å². The van der Waals surface area contributed by atoms with Crippen molar-refractivity contribution in [2.45, 2.75) is 63.2 Å². The molecule has 168 valence electrons. The average molecular weight is 444 g/mol. The van der Waals surface area contributed by atoms with Crippen molar-refractivity contribution in [2.75, 3.05) is 17.2 Å². The van der Waals surface area contributed by atoms with Gasteiger partial charge in [0, 0.05) is 31.0 Å². The number of aromatic nitrogens is 4.